The van der Waals surface area contributed by atoms with Crippen molar-refractivity contribution >= 4 is 41.1 Å². The van der Waals surface area contributed by atoms with E-state index in [1.165, 1.54) is 25.1 Å². The number of methoxy groups -OCH3 is 1. The third-order valence-electron chi connectivity index (χ3n) is 12.0. The molecule has 1 aromatic heterocycles. The Morgan fingerprint density at radius 3 is 2.19 bits per heavy atom. The van der Waals surface area contributed by atoms with Gasteiger partial charge in [-0.05, 0) is 93.8 Å². The fourth-order valence-corrected chi connectivity index (χ4v) is 8.41. The quantitative estimate of drug-likeness (QED) is 0.0433. The van der Waals surface area contributed by atoms with Gasteiger partial charge in [-0.15, -0.1) is 0 Å². The summed E-state index contributed by atoms with van der Waals surface area (Å²) in [6.07, 6.45) is -0.851. The molecule has 0 saturated heterocycles. The molecule has 0 radical (unpaired) electrons. The number of likely N-dealkylation sites (N-methyl/N-ethyl adjacent to an activating group) is 1. The molecule has 4 bridgehead atoms. The second-order valence-electron chi connectivity index (χ2n) is 19.9. The van der Waals surface area contributed by atoms with Crippen LogP contribution in [0.4, 0.5) is 10.5 Å². The van der Waals surface area contributed by atoms with Gasteiger partial charge >= 0.3 is 12.1 Å². The van der Waals surface area contributed by atoms with Crippen LogP contribution in [-0.4, -0.2) is 94.4 Å². The van der Waals surface area contributed by atoms with Crippen molar-refractivity contribution < 1.29 is 48.1 Å². The lowest BCUT2D eigenvalue weighted by molar-refractivity contribution is -0.146. The maximum absolute atomic E-state index is 15.1. The number of aromatic nitrogens is 2. The zero-order chi connectivity index (χ0) is 51.1. The van der Waals surface area contributed by atoms with Gasteiger partial charge in [0.1, 0.15) is 29.2 Å². The van der Waals surface area contributed by atoms with Crippen molar-refractivity contribution in [2.75, 3.05) is 33.0 Å². The summed E-state index contributed by atoms with van der Waals surface area (Å²) in [7, 11) is 2.64. The van der Waals surface area contributed by atoms with E-state index in [0.29, 0.717) is 52.7 Å². The van der Waals surface area contributed by atoms with Gasteiger partial charge in [-0.25, -0.2) is 19.6 Å². The number of phenolic OH excluding ortho intramolecular Hbond substituents is 1. The number of anilines is 1. The minimum atomic E-state index is -1.35. The number of nitrogen functional groups attached to an aromatic ring is 1. The molecular formula is C53H68N6O10. The lowest BCUT2D eigenvalue weighted by atomic mass is 9.86. The number of benzene rings is 3. The predicted octanol–water partition coefficient (Wildman–Crippen LogP) is 7.91. The molecule has 5 rings (SSSR count). The molecule has 4 aromatic rings. The van der Waals surface area contributed by atoms with Gasteiger partial charge in [0.05, 0.1) is 36.4 Å². The zero-order valence-electron chi connectivity index (χ0n) is 42.0. The summed E-state index contributed by atoms with van der Waals surface area (Å²) in [4.78, 5) is 94.7. The van der Waals surface area contributed by atoms with Crippen LogP contribution in [-0.2, 0) is 40.5 Å². The number of rotatable bonds is 13. The minimum absolute atomic E-state index is 0.0163. The number of alkyl carbamates (subject to hydrolysis) is 1. The first-order valence-electron chi connectivity index (χ1n) is 23.4. The van der Waals surface area contributed by atoms with E-state index < -0.39 is 65.0 Å². The summed E-state index contributed by atoms with van der Waals surface area (Å²) in [5.74, 6) is -4.48. The van der Waals surface area contributed by atoms with E-state index in [2.05, 4.69) is 31.4 Å². The number of aryl methyl sites for hydroxylation is 2. The average molecular weight is 949 g/mol. The molecule has 4 atom stereocenters. The number of fused-ring (bicyclic) bond motifs is 5. The van der Waals surface area contributed by atoms with Crippen LogP contribution < -0.4 is 21.1 Å². The van der Waals surface area contributed by atoms with Gasteiger partial charge in [0.15, 0.2) is 17.4 Å². The highest BCUT2D eigenvalue weighted by molar-refractivity contribution is 6.01. The van der Waals surface area contributed by atoms with Gasteiger partial charge in [0, 0.05) is 61.4 Å². The Morgan fingerprint density at radius 1 is 0.942 bits per heavy atom. The minimum Gasteiger partial charge on any atom is -0.505 e. The van der Waals surface area contributed by atoms with Crippen LogP contribution in [0.5, 0.6) is 11.5 Å². The number of nitrogens with zero attached hydrogens (tertiary/aromatic N) is 3. The maximum Gasteiger partial charge on any atom is 0.407 e. The fourth-order valence-electron chi connectivity index (χ4n) is 8.41. The summed E-state index contributed by atoms with van der Waals surface area (Å²) in [6.45, 7) is 18.7. The molecule has 0 aliphatic carbocycles. The Bertz CT molecular complexity index is 2560. The van der Waals surface area contributed by atoms with Crippen LogP contribution in [0.2, 0.25) is 0 Å². The van der Waals surface area contributed by atoms with E-state index in [1.54, 1.807) is 65.8 Å². The van der Waals surface area contributed by atoms with Gasteiger partial charge in [0.25, 0.3) is 0 Å². The van der Waals surface area contributed by atoms with Crippen LogP contribution in [0, 0.1) is 25.7 Å². The number of Topliss-reactive ketones (excluding diaryl/α,β-unsaturated/α-hetero) is 2. The van der Waals surface area contributed by atoms with Crippen molar-refractivity contribution in [3.63, 3.8) is 0 Å². The Balaban J connectivity index is 1.60. The average Bonchev–Trinajstić information content (AvgIpc) is 3.27. The lowest BCUT2D eigenvalue weighted by Gasteiger charge is -2.32. The first kappa shape index (κ1) is 53.1. The summed E-state index contributed by atoms with van der Waals surface area (Å²) in [5.41, 5.74) is 9.87. The van der Waals surface area contributed by atoms with E-state index in [0.717, 1.165) is 11.1 Å². The topological polar surface area (TPSA) is 229 Å². The number of aromatic hydroxyl groups is 1. The maximum atomic E-state index is 15.1. The van der Waals surface area contributed by atoms with E-state index in [-0.39, 0.29) is 60.2 Å². The van der Waals surface area contributed by atoms with Crippen molar-refractivity contribution in [1.82, 2.24) is 25.5 Å². The Labute approximate surface area is 405 Å². The third kappa shape index (κ3) is 13.2. The van der Waals surface area contributed by atoms with Crippen LogP contribution in [0.15, 0.2) is 54.6 Å². The van der Waals surface area contributed by atoms with Gasteiger partial charge in [-0.2, -0.15) is 0 Å². The van der Waals surface area contributed by atoms with E-state index in [4.69, 9.17) is 29.9 Å². The first-order valence-corrected chi connectivity index (χ1v) is 23.4. The number of hydrogen-bond donors (Lipinski definition) is 4. The van der Waals surface area contributed by atoms with Crippen molar-refractivity contribution in [3.05, 3.63) is 88.2 Å². The number of nitrogens with two attached hydrogens (primary N) is 1. The monoisotopic (exact) mass is 948 g/mol. The number of esters is 1. The van der Waals surface area contributed by atoms with Gasteiger partial charge in [0.2, 0.25) is 11.8 Å². The summed E-state index contributed by atoms with van der Waals surface area (Å²) in [6, 6.07) is 13.5. The number of ketones is 2. The highest BCUT2D eigenvalue weighted by Gasteiger charge is 2.37. The highest BCUT2D eigenvalue weighted by Crippen LogP contribution is 2.43. The van der Waals surface area contributed by atoms with Crippen LogP contribution in [0.25, 0.3) is 22.5 Å². The number of amides is 3. The molecule has 0 unspecified atom stereocenters. The third-order valence-corrected chi connectivity index (χ3v) is 12.0. The van der Waals surface area contributed by atoms with Crippen molar-refractivity contribution in [2.45, 2.75) is 124 Å². The summed E-state index contributed by atoms with van der Waals surface area (Å²) in [5, 5.41) is 16.9. The van der Waals surface area contributed by atoms with Crippen molar-refractivity contribution in [3.8, 4) is 34.0 Å². The van der Waals surface area contributed by atoms with Crippen molar-refractivity contribution in [2.24, 2.45) is 11.8 Å². The molecule has 1 aliphatic heterocycles. The van der Waals surface area contributed by atoms with Crippen LogP contribution >= 0.6 is 0 Å². The number of ether oxygens (including phenoxy) is 3. The number of nitrogens with one attached hydrogen (secondary N) is 2. The SMILES string of the molecule is CCCOc1ccc2cc1-c1cc(cc(N)c1O)C[C@@H](C(=O)OC)NC(=O)[C@H](C)CC(=O)[C@H]2N(C)C(=O)[C@H](CCNC(=O)OC(C)(C)C)CC(=O)c1c(C)nc(-c2ccc(C(C)(C)C)cc2)nc1C. The molecular weight excluding hydrogens is 881 g/mol. The first-order chi connectivity index (χ1) is 32.3. The Kier molecular flexibility index (Phi) is 17.0. The van der Waals surface area contributed by atoms with Crippen LogP contribution in [0.1, 0.15) is 126 Å². The standard InChI is InChI=1S/C53H68N6O10/c1-13-22-68-43-19-16-34-27-37(43)38-24-32(25-39(54)46(38)62)26-40(50(65)67-12)58-48(63)29(2)23-42(61)45(34)59(11)49(64)35(20-21-55-51(66)69-53(8,9)10)28-41(60)44-30(3)56-47(57-31(44)4)33-14-17-36(18-15-33)52(5,6)7/h14-19,24-25,27,29,35,40,45,62H,13,20-23,26,28,54H2,1-12H3,(H,55,66)(H,58,63)/t29-,35-,40+,45+/m1/s1. The Hall–Kier alpha value is -6.84. The summed E-state index contributed by atoms with van der Waals surface area (Å²) >= 11 is 0. The second-order valence-corrected chi connectivity index (χ2v) is 19.9. The Morgan fingerprint density at radius 2 is 1.59 bits per heavy atom. The van der Waals surface area contributed by atoms with Gasteiger partial charge in [-0.1, -0.05) is 65.0 Å². The van der Waals surface area contributed by atoms with Crippen molar-refractivity contribution in [1.29, 1.82) is 0 Å². The molecule has 370 valence electrons. The molecule has 16 nitrogen and oxygen atoms in total. The number of carbonyl (C=O) groups excluding carboxylic acids is 6. The second kappa shape index (κ2) is 22.1. The molecule has 3 aromatic carbocycles. The molecule has 0 saturated carbocycles. The largest absolute Gasteiger partial charge is 0.505 e. The number of phenols is 1. The van der Waals surface area contributed by atoms with Gasteiger partial charge in [-0.3, -0.25) is 19.2 Å². The smallest absolute Gasteiger partial charge is 0.407 e. The molecule has 69 heavy (non-hydrogen) atoms. The number of hydrogen-bond acceptors (Lipinski definition) is 13. The lowest BCUT2D eigenvalue weighted by Crippen LogP contribution is -2.46. The normalized spacial score (nSPS) is 16.9. The van der Waals surface area contributed by atoms with E-state index in [9.17, 15) is 29.1 Å². The molecule has 0 spiro atoms. The fraction of sp³-hybridized carbons (Fsp3) is 0.472. The van der Waals surface area contributed by atoms with Gasteiger partial charge < -0.3 is 40.6 Å². The zero-order valence-corrected chi connectivity index (χ0v) is 42.0. The summed E-state index contributed by atoms with van der Waals surface area (Å²) < 4.78 is 16.6. The van der Waals surface area contributed by atoms with E-state index in [1.807, 2.05) is 31.2 Å². The molecule has 2 heterocycles. The molecule has 3 amide bonds. The molecule has 1 aliphatic rings. The van der Waals surface area contributed by atoms with E-state index >= 15 is 4.79 Å². The molecule has 0 fully saturated rings. The predicted molar refractivity (Wildman–Crippen MR) is 263 cm³/mol. The molecule has 5 N–H and O–H groups in total. The van der Waals surface area contributed by atoms with Crippen LogP contribution in [0.3, 0.4) is 0 Å². The highest BCUT2D eigenvalue weighted by atomic mass is 16.6. The number of carbonyl (C=O) groups is 6. The molecule has 16 heteroatoms.